The fourth-order valence-corrected chi connectivity index (χ4v) is 1.56. The van der Waals surface area contributed by atoms with Crippen LogP contribution in [0.15, 0.2) is 29.8 Å². The summed E-state index contributed by atoms with van der Waals surface area (Å²) in [7, 11) is 0. The van der Waals surface area contributed by atoms with Crippen LogP contribution in [0.5, 0.6) is 5.75 Å². The average molecular weight is 250 g/mol. The molecule has 18 heavy (non-hydrogen) atoms. The van der Waals surface area contributed by atoms with Crippen molar-refractivity contribution in [2.45, 2.75) is 6.42 Å². The third-order valence-corrected chi connectivity index (χ3v) is 2.37. The minimum atomic E-state index is -0.599. The molecule has 2 rings (SSSR count). The van der Waals surface area contributed by atoms with Crippen LogP contribution in [0.2, 0.25) is 0 Å². The third-order valence-electron chi connectivity index (χ3n) is 2.37. The Morgan fingerprint density at radius 3 is 2.56 bits per heavy atom. The number of cyclic esters (lactones) is 2. The molecule has 1 heterocycles. The maximum atomic E-state index is 11.9. The van der Waals surface area contributed by atoms with Crippen LogP contribution in [0, 0.1) is 0 Å². The Balaban J connectivity index is 2.08. The molecule has 1 fully saturated rings. The van der Waals surface area contributed by atoms with Crippen LogP contribution in [0.25, 0.3) is 6.08 Å². The summed E-state index contributed by atoms with van der Waals surface area (Å²) < 4.78 is 21.4. The SMILES string of the molecule is O=C1CC(=Cc2ccc(OCCF)cc2)C(=O)O1. The van der Waals surface area contributed by atoms with E-state index in [0.717, 1.165) is 5.56 Å². The van der Waals surface area contributed by atoms with Gasteiger partial charge in [-0.1, -0.05) is 12.1 Å². The largest absolute Gasteiger partial charge is 0.491 e. The number of carbonyl (C=O) groups excluding carboxylic acids is 2. The summed E-state index contributed by atoms with van der Waals surface area (Å²) in [5.41, 5.74) is 1.08. The minimum Gasteiger partial charge on any atom is -0.491 e. The smallest absolute Gasteiger partial charge is 0.342 e. The molecule has 94 valence electrons. The summed E-state index contributed by atoms with van der Waals surface area (Å²) in [6.07, 6.45) is 1.59. The standard InChI is InChI=1S/C13H11FO4/c14-5-6-17-11-3-1-9(2-4-11)7-10-8-12(15)18-13(10)16/h1-4,7H,5-6,8H2. The van der Waals surface area contributed by atoms with E-state index in [9.17, 15) is 14.0 Å². The van der Waals surface area contributed by atoms with Gasteiger partial charge < -0.3 is 9.47 Å². The molecule has 0 amide bonds. The second-order valence-electron chi connectivity index (χ2n) is 3.71. The Hall–Kier alpha value is -2.17. The molecule has 1 aliphatic heterocycles. The number of carbonyl (C=O) groups is 2. The average Bonchev–Trinajstić information content (AvgIpc) is 2.67. The Morgan fingerprint density at radius 2 is 2.00 bits per heavy atom. The van der Waals surface area contributed by atoms with E-state index in [4.69, 9.17) is 4.74 Å². The summed E-state index contributed by atoms with van der Waals surface area (Å²) >= 11 is 0. The zero-order valence-corrected chi connectivity index (χ0v) is 9.52. The number of alkyl halides is 1. The lowest BCUT2D eigenvalue weighted by atomic mass is 10.1. The maximum absolute atomic E-state index is 11.9. The maximum Gasteiger partial charge on any atom is 0.342 e. The van der Waals surface area contributed by atoms with Crippen molar-refractivity contribution in [1.82, 2.24) is 0 Å². The van der Waals surface area contributed by atoms with Crippen molar-refractivity contribution >= 4 is 18.0 Å². The van der Waals surface area contributed by atoms with E-state index < -0.39 is 18.6 Å². The van der Waals surface area contributed by atoms with Gasteiger partial charge in [0.15, 0.2) is 0 Å². The van der Waals surface area contributed by atoms with Crippen LogP contribution >= 0.6 is 0 Å². The molecule has 0 bridgehead atoms. The van der Waals surface area contributed by atoms with Gasteiger partial charge in [-0.15, -0.1) is 0 Å². The second kappa shape index (κ2) is 5.44. The van der Waals surface area contributed by atoms with Crippen molar-refractivity contribution in [3.8, 4) is 5.75 Å². The number of rotatable bonds is 4. The van der Waals surface area contributed by atoms with Crippen LogP contribution < -0.4 is 4.74 Å². The highest BCUT2D eigenvalue weighted by Crippen LogP contribution is 2.20. The molecule has 1 aliphatic rings. The van der Waals surface area contributed by atoms with E-state index in [1.165, 1.54) is 0 Å². The van der Waals surface area contributed by atoms with Gasteiger partial charge in [-0.25, -0.2) is 9.18 Å². The quantitative estimate of drug-likeness (QED) is 0.465. The molecule has 0 aromatic heterocycles. The molecule has 1 saturated heterocycles. The molecule has 1 aromatic rings. The molecule has 0 unspecified atom stereocenters. The predicted octanol–water partition coefficient (Wildman–Crippen LogP) is 1.89. The monoisotopic (exact) mass is 250 g/mol. The second-order valence-corrected chi connectivity index (χ2v) is 3.71. The van der Waals surface area contributed by atoms with Gasteiger partial charge in [0.1, 0.15) is 19.0 Å². The van der Waals surface area contributed by atoms with Crippen molar-refractivity contribution in [3.63, 3.8) is 0 Å². The first-order valence-corrected chi connectivity index (χ1v) is 5.43. The first kappa shape index (κ1) is 12.3. The number of hydrogen-bond donors (Lipinski definition) is 0. The Labute approximate surface area is 103 Å². The Kier molecular flexibility index (Phi) is 3.72. The van der Waals surface area contributed by atoms with Gasteiger partial charge in [0.2, 0.25) is 0 Å². The predicted molar refractivity (Wildman–Crippen MR) is 61.6 cm³/mol. The summed E-state index contributed by atoms with van der Waals surface area (Å²) in [4.78, 5) is 22.1. The molecule has 5 heteroatoms. The van der Waals surface area contributed by atoms with Crippen LogP contribution in [0.1, 0.15) is 12.0 Å². The lowest BCUT2D eigenvalue weighted by molar-refractivity contribution is -0.151. The molecular weight excluding hydrogens is 239 g/mol. The van der Waals surface area contributed by atoms with Gasteiger partial charge in [0, 0.05) is 5.57 Å². The molecule has 0 atom stereocenters. The summed E-state index contributed by atoms with van der Waals surface area (Å²) in [5, 5.41) is 0. The number of esters is 2. The highest BCUT2D eigenvalue weighted by molar-refractivity contribution is 6.08. The summed E-state index contributed by atoms with van der Waals surface area (Å²) in [5.74, 6) is -0.577. The number of benzene rings is 1. The minimum absolute atomic E-state index is 0.00106. The Bertz CT molecular complexity index is 490. The van der Waals surface area contributed by atoms with Gasteiger partial charge in [-0.05, 0) is 23.8 Å². The summed E-state index contributed by atoms with van der Waals surface area (Å²) in [6, 6.07) is 6.78. The van der Waals surface area contributed by atoms with Crippen molar-refractivity contribution in [2.24, 2.45) is 0 Å². The molecule has 1 aromatic carbocycles. The van der Waals surface area contributed by atoms with Gasteiger partial charge in [0.25, 0.3) is 0 Å². The highest BCUT2D eigenvalue weighted by atomic mass is 19.1. The van der Waals surface area contributed by atoms with Crippen LogP contribution in [0.3, 0.4) is 0 Å². The molecule has 4 nitrogen and oxygen atoms in total. The van der Waals surface area contributed by atoms with Gasteiger partial charge in [-0.2, -0.15) is 0 Å². The normalized spacial score (nSPS) is 17.1. The van der Waals surface area contributed by atoms with E-state index in [2.05, 4.69) is 4.74 Å². The van der Waals surface area contributed by atoms with E-state index in [-0.39, 0.29) is 13.0 Å². The molecule has 0 aliphatic carbocycles. The number of hydrogen-bond acceptors (Lipinski definition) is 4. The van der Waals surface area contributed by atoms with Crippen molar-refractivity contribution < 1.29 is 23.5 Å². The van der Waals surface area contributed by atoms with Crippen LogP contribution in [-0.4, -0.2) is 25.2 Å². The van der Waals surface area contributed by atoms with Crippen LogP contribution in [-0.2, 0) is 14.3 Å². The van der Waals surface area contributed by atoms with Crippen LogP contribution in [0.4, 0.5) is 4.39 Å². The van der Waals surface area contributed by atoms with Crippen molar-refractivity contribution in [1.29, 1.82) is 0 Å². The summed E-state index contributed by atoms with van der Waals surface area (Å²) in [6.45, 7) is -0.527. The lowest BCUT2D eigenvalue weighted by Crippen LogP contribution is -1.98. The van der Waals surface area contributed by atoms with E-state index in [1.807, 2.05) is 0 Å². The molecular formula is C13H11FO4. The molecule has 0 N–H and O–H groups in total. The Morgan fingerprint density at radius 1 is 1.28 bits per heavy atom. The molecule has 0 spiro atoms. The van der Waals surface area contributed by atoms with Gasteiger partial charge in [0.05, 0.1) is 6.42 Å². The zero-order valence-electron chi connectivity index (χ0n) is 9.52. The molecule has 0 saturated carbocycles. The lowest BCUT2D eigenvalue weighted by Gasteiger charge is -2.03. The van der Waals surface area contributed by atoms with Crippen molar-refractivity contribution in [3.05, 3.63) is 35.4 Å². The fourth-order valence-electron chi connectivity index (χ4n) is 1.56. The molecule has 0 radical (unpaired) electrons. The van der Waals surface area contributed by atoms with E-state index in [0.29, 0.717) is 11.3 Å². The van der Waals surface area contributed by atoms with E-state index in [1.54, 1.807) is 30.3 Å². The first-order chi connectivity index (χ1) is 8.69. The zero-order chi connectivity index (χ0) is 13.0. The third kappa shape index (κ3) is 2.94. The van der Waals surface area contributed by atoms with Gasteiger partial charge in [-0.3, -0.25) is 4.79 Å². The highest BCUT2D eigenvalue weighted by Gasteiger charge is 2.26. The van der Waals surface area contributed by atoms with Gasteiger partial charge >= 0.3 is 11.9 Å². The topological polar surface area (TPSA) is 52.6 Å². The first-order valence-electron chi connectivity index (χ1n) is 5.43. The number of ether oxygens (including phenoxy) is 2. The van der Waals surface area contributed by atoms with Crippen molar-refractivity contribution in [2.75, 3.05) is 13.3 Å². The van der Waals surface area contributed by atoms with E-state index >= 15 is 0 Å². The fraction of sp³-hybridized carbons (Fsp3) is 0.231. The number of halogens is 1.